The second-order valence-electron chi connectivity index (χ2n) is 4.39. The van der Waals surface area contributed by atoms with Crippen molar-refractivity contribution >= 4 is 23.2 Å². The van der Waals surface area contributed by atoms with E-state index in [1.807, 2.05) is 13.8 Å². The third kappa shape index (κ3) is 3.38. The van der Waals surface area contributed by atoms with E-state index in [2.05, 4.69) is 15.8 Å². The number of carbonyl (C=O) groups is 2. The van der Waals surface area contributed by atoms with Gasteiger partial charge in [-0.3, -0.25) is 25.2 Å². The number of rotatable bonds is 3. The molecule has 21 heavy (non-hydrogen) atoms. The highest BCUT2D eigenvalue weighted by Crippen LogP contribution is 2.21. The molecule has 7 heteroatoms. The summed E-state index contributed by atoms with van der Waals surface area (Å²) in [6.07, 6.45) is 2.29. The molecule has 2 amide bonds. The van der Waals surface area contributed by atoms with Crippen LogP contribution >= 0.6 is 11.3 Å². The molecule has 2 rings (SSSR count). The van der Waals surface area contributed by atoms with E-state index >= 15 is 0 Å². The van der Waals surface area contributed by atoms with Crippen LogP contribution in [0.1, 0.15) is 37.4 Å². The number of hydrazine groups is 1. The van der Waals surface area contributed by atoms with E-state index in [0.29, 0.717) is 4.88 Å². The molecule has 0 saturated heterocycles. The van der Waals surface area contributed by atoms with Gasteiger partial charge in [-0.15, -0.1) is 11.3 Å². The van der Waals surface area contributed by atoms with Gasteiger partial charge < -0.3 is 4.98 Å². The third-order valence-corrected chi connectivity index (χ3v) is 4.30. The van der Waals surface area contributed by atoms with Gasteiger partial charge in [0, 0.05) is 11.1 Å². The molecule has 0 atom stereocenters. The summed E-state index contributed by atoms with van der Waals surface area (Å²) in [7, 11) is 0. The summed E-state index contributed by atoms with van der Waals surface area (Å²) < 4.78 is 0. The lowest BCUT2D eigenvalue weighted by molar-refractivity contribution is 0.0848. The quantitative estimate of drug-likeness (QED) is 0.748. The van der Waals surface area contributed by atoms with Gasteiger partial charge in [-0.2, -0.15) is 0 Å². The van der Waals surface area contributed by atoms with E-state index < -0.39 is 17.4 Å². The van der Waals surface area contributed by atoms with Crippen LogP contribution in [0.25, 0.3) is 0 Å². The number of nitrogens with one attached hydrogen (secondary N) is 3. The first-order valence-electron chi connectivity index (χ1n) is 6.40. The molecule has 2 aromatic heterocycles. The average molecular weight is 305 g/mol. The summed E-state index contributed by atoms with van der Waals surface area (Å²) in [6.45, 7) is 3.96. The number of hydrogen-bond donors (Lipinski definition) is 3. The normalized spacial score (nSPS) is 10.2. The van der Waals surface area contributed by atoms with Crippen molar-refractivity contribution in [1.82, 2.24) is 15.8 Å². The molecule has 2 heterocycles. The van der Waals surface area contributed by atoms with Crippen molar-refractivity contribution in [2.75, 3.05) is 0 Å². The van der Waals surface area contributed by atoms with Crippen LogP contribution in [0.4, 0.5) is 0 Å². The van der Waals surface area contributed by atoms with Gasteiger partial charge in [-0.1, -0.05) is 6.92 Å². The van der Waals surface area contributed by atoms with E-state index in [1.165, 1.54) is 29.7 Å². The number of aromatic nitrogens is 1. The first-order valence-corrected chi connectivity index (χ1v) is 7.22. The number of thiophene rings is 1. The highest BCUT2D eigenvalue weighted by Gasteiger charge is 2.14. The number of carbonyl (C=O) groups excluding carboxylic acids is 2. The maximum absolute atomic E-state index is 11.9. The summed E-state index contributed by atoms with van der Waals surface area (Å²) in [5.41, 5.74) is 5.02. The van der Waals surface area contributed by atoms with Crippen molar-refractivity contribution in [2.45, 2.75) is 20.3 Å². The number of pyridine rings is 1. The van der Waals surface area contributed by atoms with Crippen LogP contribution < -0.4 is 16.4 Å². The molecule has 0 aromatic carbocycles. The zero-order valence-electron chi connectivity index (χ0n) is 11.6. The minimum absolute atomic E-state index is 0.0607. The molecule has 0 bridgehead atoms. The van der Waals surface area contributed by atoms with Gasteiger partial charge in [0.25, 0.3) is 17.4 Å². The molecule has 3 N–H and O–H groups in total. The van der Waals surface area contributed by atoms with E-state index in [9.17, 15) is 14.4 Å². The number of amides is 2. The molecule has 0 aliphatic heterocycles. The topological polar surface area (TPSA) is 91.1 Å². The van der Waals surface area contributed by atoms with Crippen LogP contribution in [-0.2, 0) is 6.42 Å². The molecule has 0 spiro atoms. The maximum atomic E-state index is 11.9. The lowest BCUT2D eigenvalue weighted by atomic mass is 10.2. The Bertz CT molecular complexity index is 733. The second-order valence-corrected chi connectivity index (χ2v) is 5.53. The first-order chi connectivity index (χ1) is 10.0. The number of aromatic amines is 1. The summed E-state index contributed by atoms with van der Waals surface area (Å²) in [4.78, 5) is 39.2. The fourth-order valence-corrected chi connectivity index (χ4v) is 2.83. The Morgan fingerprint density at radius 2 is 2.00 bits per heavy atom. The predicted octanol–water partition coefficient (Wildman–Crippen LogP) is 1.38. The molecule has 110 valence electrons. The fourth-order valence-electron chi connectivity index (χ4n) is 1.83. The first kappa shape index (κ1) is 15.0. The molecule has 0 radical (unpaired) electrons. The average Bonchev–Trinajstić information content (AvgIpc) is 2.86. The van der Waals surface area contributed by atoms with Gasteiger partial charge >= 0.3 is 0 Å². The highest BCUT2D eigenvalue weighted by molar-refractivity contribution is 7.14. The smallest absolute Gasteiger partial charge is 0.279 e. The zero-order valence-corrected chi connectivity index (χ0v) is 12.5. The Balaban J connectivity index is 2.02. The number of H-pyrrole nitrogens is 1. The maximum Gasteiger partial charge on any atom is 0.279 e. The third-order valence-electron chi connectivity index (χ3n) is 2.92. The van der Waals surface area contributed by atoms with E-state index in [-0.39, 0.29) is 5.56 Å². The van der Waals surface area contributed by atoms with Gasteiger partial charge in [0.2, 0.25) is 0 Å². The number of aryl methyl sites for hydroxylation is 2. The standard InChI is InChI=1S/C14H15N3O3S/c1-3-10-8(2)7-11(21-10)14(20)17-16-13(19)9-5-4-6-15-12(9)18/h4-7H,3H2,1-2H3,(H,15,18)(H,16,19)(H,17,20). The molecule has 2 aromatic rings. The van der Waals surface area contributed by atoms with Crippen LogP contribution in [0.15, 0.2) is 29.2 Å². The van der Waals surface area contributed by atoms with Crippen LogP contribution in [0.5, 0.6) is 0 Å². The molecule has 0 fully saturated rings. The molecule has 0 unspecified atom stereocenters. The van der Waals surface area contributed by atoms with Crippen molar-refractivity contribution in [3.63, 3.8) is 0 Å². The van der Waals surface area contributed by atoms with Gasteiger partial charge in [-0.05, 0) is 37.1 Å². The Labute approximate surface area is 125 Å². The van der Waals surface area contributed by atoms with E-state index in [0.717, 1.165) is 16.9 Å². The van der Waals surface area contributed by atoms with Crippen molar-refractivity contribution in [2.24, 2.45) is 0 Å². The summed E-state index contributed by atoms with van der Waals surface area (Å²) in [5, 5.41) is 0. The number of hydrogen-bond acceptors (Lipinski definition) is 4. The van der Waals surface area contributed by atoms with Crippen molar-refractivity contribution < 1.29 is 9.59 Å². The van der Waals surface area contributed by atoms with Crippen molar-refractivity contribution in [3.05, 3.63) is 55.6 Å². The Morgan fingerprint density at radius 3 is 2.62 bits per heavy atom. The molecular weight excluding hydrogens is 290 g/mol. The van der Waals surface area contributed by atoms with Crippen LogP contribution in [0.2, 0.25) is 0 Å². The predicted molar refractivity (Wildman–Crippen MR) is 80.4 cm³/mol. The molecular formula is C14H15N3O3S. The highest BCUT2D eigenvalue weighted by atomic mass is 32.1. The van der Waals surface area contributed by atoms with Crippen LogP contribution in [0.3, 0.4) is 0 Å². The van der Waals surface area contributed by atoms with Gasteiger partial charge in [0.1, 0.15) is 5.56 Å². The summed E-state index contributed by atoms with van der Waals surface area (Å²) in [5.74, 6) is -1.06. The molecule has 6 nitrogen and oxygen atoms in total. The largest absolute Gasteiger partial charge is 0.328 e. The Hall–Kier alpha value is -2.41. The van der Waals surface area contributed by atoms with Gasteiger partial charge in [-0.25, -0.2) is 0 Å². The van der Waals surface area contributed by atoms with Gasteiger partial charge in [0.15, 0.2) is 0 Å². The van der Waals surface area contributed by atoms with Crippen LogP contribution in [0, 0.1) is 6.92 Å². The van der Waals surface area contributed by atoms with E-state index in [1.54, 1.807) is 6.07 Å². The molecule has 0 aliphatic carbocycles. The monoisotopic (exact) mass is 305 g/mol. The van der Waals surface area contributed by atoms with Crippen LogP contribution in [-0.4, -0.2) is 16.8 Å². The Kier molecular flexibility index (Phi) is 4.54. The molecule has 0 saturated carbocycles. The lowest BCUT2D eigenvalue weighted by Crippen LogP contribution is -2.43. The summed E-state index contributed by atoms with van der Waals surface area (Å²) >= 11 is 1.39. The van der Waals surface area contributed by atoms with Crippen molar-refractivity contribution in [3.8, 4) is 0 Å². The lowest BCUT2D eigenvalue weighted by Gasteiger charge is -2.05. The Morgan fingerprint density at radius 1 is 1.29 bits per heavy atom. The van der Waals surface area contributed by atoms with Crippen molar-refractivity contribution in [1.29, 1.82) is 0 Å². The van der Waals surface area contributed by atoms with Gasteiger partial charge in [0.05, 0.1) is 4.88 Å². The second kappa shape index (κ2) is 6.36. The molecule has 0 aliphatic rings. The fraction of sp³-hybridized carbons (Fsp3) is 0.214. The summed E-state index contributed by atoms with van der Waals surface area (Å²) in [6, 6.07) is 4.69. The minimum Gasteiger partial charge on any atom is -0.328 e. The zero-order chi connectivity index (χ0) is 15.4. The van der Waals surface area contributed by atoms with E-state index in [4.69, 9.17) is 0 Å². The SMILES string of the molecule is CCc1sc(C(=O)NNC(=O)c2ccc[nH]c2=O)cc1C. The minimum atomic E-state index is -0.658.